The van der Waals surface area contributed by atoms with Gasteiger partial charge in [0.05, 0.1) is 24.4 Å². The maximum atomic E-state index is 11.4. The quantitative estimate of drug-likeness (QED) is 0.706. The first-order chi connectivity index (χ1) is 6.76. The summed E-state index contributed by atoms with van der Waals surface area (Å²) in [4.78, 5) is 12.9. The highest BCUT2D eigenvalue weighted by Crippen LogP contribution is 2.24. The van der Waals surface area contributed by atoms with E-state index in [4.69, 9.17) is 0 Å². The third-order valence-electron chi connectivity index (χ3n) is 2.67. The molecule has 15 heavy (non-hydrogen) atoms. The lowest BCUT2D eigenvalue weighted by Crippen LogP contribution is -2.63. The molecule has 1 saturated heterocycles. The van der Waals surface area contributed by atoms with Crippen molar-refractivity contribution >= 4 is 15.7 Å². The van der Waals surface area contributed by atoms with Gasteiger partial charge in [0.25, 0.3) is 0 Å². The number of β-amino-alcohol motifs (C(OH)–C–C–N with tert-alkyl or cyclic N) is 1. The summed E-state index contributed by atoms with van der Waals surface area (Å²) in [6, 6.07) is 0. The molecular formula is C9H17NO4S. The Morgan fingerprint density at radius 1 is 1.47 bits per heavy atom. The van der Waals surface area contributed by atoms with Gasteiger partial charge in [-0.25, -0.2) is 8.42 Å². The molecule has 0 aromatic heterocycles. The van der Waals surface area contributed by atoms with E-state index in [0.29, 0.717) is 19.5 Å². The van der Waals surface area contributed by atoms with E-state index in [9.17, 15) is 18.3 Å². The van der Waals surface area contributed by atoms with E-state index in [-0.39, 0.29) is 18.1 Å². The van der Waals surface area contributed by atoms with Crippen LogP contribution in [0.2, 0.25) is 0 Å². The van der Waals surface area contributed by atoms with E-state index in [1.807, 2.05) is 6.92 Å². The van der Waals surface area contributed by atoms with Gasteiger partial charge in [-0.05, 0) is 6.42 Å². The molecule has 1 heterocycles. The lowest BCUT2D eigenvalue weighted by molar-refractivity contribution is -0.155. The molecule has 1 fully saturated rings. The summed E-state index contributed by atoms with van der Waals surface area (Å²) in [5.41, 5.74) is -0.749. The van der Waals surface area contributed by atoms with Crippen molar-refractivity contribution in [3.8, 4) is 0 Å². The zero-order valence-electron chi connectivity index (χ0n) is 9.06. The minimum Gasteiger partial charge on any atom is -0.386 e. The molecule has 0 radical (unpaired) electrons. The second kappa shape index (κ2) is 4.09. The molecule has 6 heteroatoms. The number of likely N-dealkylation sites (tertiary alicyclic amines) is 1. The van der Waals surface area contributed by atoms with Gasteiger partial charge in [0.15, 0.2) is 0 Å². The molecule has 0 spiro atoms. The zero-order valence-corrected chi connectivity index (χ0v) is 9.88. The largest absolute Gasteiger partial charge is 0.386 e. The van der Waals surface area contributed by atoms with Crippen LogP contribution >= 0.6 is 0 Å². The van der Waals surface area contributed by atoms with Crippen LogP contribution < -0.4 is 0 Å². The summed E-state index contributed by atoms with van der Waals surface area (Å²) in [5.74, 6) is -0.314. The molecule has 0 aromatic rings. The van der Waals surface area contributed by atoms with Crippen LogP contribution in [0.15, 0.2) is 0 Å². The standard InChI is InChI=1S/C9H17NO4S/c1-3-9(12)6-10(7-9)8(11)4-5-15(2,13)14/h12H,3-7H2,1-2H3. The summed E-state index contributed by atoms with van der Waals surface area (Å²) in [6.45, 7) is 2.51. The fourth-order valence-corrected chi connectivity index (χ4v) is 2.04. The number of nitrogens with zero attached hydrogens (tertiary/aromatic N) is 1. The van der Waals surface area contributed by atoms with Crippen LogP contribution in [-0.4, -0.2) is 55.0 Å². The van der Waals surface area contributed by atoms with Crippen molar-refractivity contribution < 1.29 is 18.3 Å². The summed E-state index contributed by atoms with van der Waals surface area (Å²) in [7, 11) is -3.08. The number of hydrogen-bond acceptors (Lipinski definition) is 4. The highest BCUT2D eigenvalue weighted by molar-refractivity contribution is 7.90. The minimum atomic E-state index is -3.08. The lowest BCUT2D eigenvalue weighted by Gasteiger charge is -2.46. The van der Waals surface area contributed by atoms with E-state index in [2.05, 4.69) is 0 Å². The van der Waals surface area contributed by atoms with Crippen molar-refractivity contribution in [3.63, 3.8) is 0 Å². The van der Waals surface area contributed by atoms with Crippen LogP contribution in [0.1, 0.15) is 19.8 Å². The first-order valence-corrected chi connectivity index (χ1v) is 7.00. The van der Waals surface area contributed by atoms with Crippen LogP contribution in [0.5, 0.6) is 0 Å². The third kappa shape index (κ3) is 3.46. The van der Waals surface area contributed by atoms with Crippen LogP contribution in [0.25, 0.3) is 0 Å². The number of rotatable bonds is 4. The molecule has 5 nitrogen and oxygen atoms in total. The first-order valence-electron chi connectivity index (χ1n) is 4.94. The number of carbonyl (C=O) groups excluding carboxylic acids is 1. The second-order valence-corrected chi connectivity index (χ2v) is 6.47. The monoisotopic (exact) mass is 235 g/mol. The summed E-state index contributed by atoms with van der Waals surface area (Å²) >= 11 is 0. The molecule has 1 aliphatic heterocycles. The van der Waals surface area contributed by atoms with Gasteiger partial charge in [0.2, 0.25) is 5.91 Å². The number of sulfone groups is 1. The Morgan fingerprint density at radius 2 is 2.00 bits per heavy atom. The van der Waals surface area contributed by atoms with E-state index >= 15 is 0 Å². The molecular weight excluding hydrogens is 218 g/mol. The van der Waals surface area contributed by atoms with Crippen molar-refractivity contribution in [2.75, 3.05) is 25.1 Å². The van der Waals surface area contributed by atoms with Crippen molar-refractivity contribution in [2.24, 2.45) is 0 Å². The molecule has 0 atom stereocenters. The summed E-state index contributed by atoms with van der Waals surface area (Å²) < 4.78 is 21.7. The maximum absolute atomic E-state index is 11.4. The zero-order chi connectivity index (χ0) is 11.7. The molecule has 1 amide bonds. The highest BCUT2D eigenvalue weighted by atomic mass is 32.2. The molecule has 0 bridgehead atoms. The smallest absolute Gasteiger partial charge is 0.223 e. The van der Waals surface area contributed by atoms with Gasteiger partial charge < -0.3 is 10.0 Å². The Balaban J connectivity index is 2.33. The Bertz CT molecular complexity index is 343. The minimum absolute atomic E-state index is 0.0125. The molecule has 0 unspecified atom stereocenters. The van der Waals surface area contributed by atoms with Gasteiger partial charge in [-0.1, -0.05) is 6.92 Å². The van der Waals surface area contributed by atoms with Crippen LogP contribution in [0, 0.1) is 0 Å². The molecule has 0 aliphatic carbocycles. The van der Waals surface area contributed by atoms with Gasteiger partial charge in [0.1, 0.15) is 9.84 Å². The fourth-order valence-electron chi connectivity index (χ4n) is 1.50. The average Bonchev–Trinajstić information content (AvgIpc) is 2.08. The molecule has 0 aromatic carbocycles. The van der Waals surface area contributed by atoms with Gasteiger partial charge in [-0.15, -0.1) is 0 Å². The Labute approximate surface area is 90.0 Å². The SMILES string of the molecule is CCC1(O)CN(C(=O)CCS(C)(=O)=O)C1. The van der Waals surface area contributed by atoms with E-state index in [1.54, 1.807) is 0 Å². The third-order valence-corrected chi connectivity index (χ3v) is 3.61. The van der Waals surface area contributed by atoms with Crippen LogP contribution in [0.3, 0.4) is 0 Å². The fraction of sp³-hybridized carbons (Fsp3) is 0.889. The van der Waals surface area contributed by atoms with Gasteiger partial charge in [0, 0.05) is 12.7 Å². The van der Waals surface area contributed by atoms with Gasteiger partial charge in [-0.2, -0.15) is 0 Å². The molecule has 1 rings (SSSR count). The number of carbonyl (C=O) groups is 1. The Kier molecular flexibility index (Phi) is 3.40. The van der Waals surface area contributed by atoms with Gasteiger partial charge >= 0.3 is 0 Å². The molecule has 1 aliphatic rings. The second-order valence-electron chi connectivity index (χ2n) is 4.21. The average molecular weight is 235 g/mol. The maximum Gasteiger partial charge on any atom is 0.223 e. The molecule has 1 N–H and O–H groups in total. The predicted molar refractivity (Wildman–Crippen MR) is 56.1 cm³/mol. The summed E-state index contributed by atoms with van der Waals surface area (Å²) in [6.07, 6.45) is 1.74. The topological polar surface area (TPSA) is 74.7 Å². The van der Waals surface area contributed by atoms with Crippen molar-refractivity contribution in [1.82, 2.24) is 4.90 Å². The highest BCUT2D eigenvalue weighted by Gasteiger charge is 2.41. The summed E-state index contributed by atoms with van der Waals surface area (Å²) in [5, 5.41) is 9.65. The van der Waals surface area contributed by atoms with Crippen molar-refractivity contribution in [3.05, 3.63) is 0 Å². The normalized spacial score (nSPS) is 19.8. The molecule has 0 saturated carbocycles. The van der Waals surface area contributed by atoms with Crippen molar-refractivity contribution in [2.45, 2.75) is 25.4 Å². The van der Waals surface area contributed by atoms with Crippen LogP contribution in [0.4, 0.5) is 0 Å². The van der Waals surface area contributed by atoms with E-state index in [1.165, 1.54) is 4.90 Å². The number of amides is 1. The number of aliphatic hydroxyl groups is 1. The Morgan fingerprint density at radius 3 is 2.40 bits per heavy atom. The first kappa shape index (κ1) is 12.4. The van der Waals surface area contributed by atoms with E-state index in [0.717, 1.165) is 6.26 Å². The molecule has 88 valence electrons. The van der Waals surface area contributed by atoms with Crippen LogP contribution in [-0.2, 0) is 14.6 Å². The number of hydrogen-bond donors (Lipinski definition) is 1. The van der Waals surface area contributed by atoms with E-state index < -0.39 is 15.4 Å². The lowest BCUT2D eigenvalue weighted by atomic mass is 9.91. The predicted octanol–water partition coefficient (Wildman–Crippen LogP) is -0.596. The van der Waals surface area contributed by atoms with Crippen molar-refractivity contribution in [1.29, 1.82) is 0 Å². The van der Waals surface area contributed by atoms with Gasteiger partial charge in [-0.3, -0.25) is 4.79 Å². The Hall–Kier alpha value is -0.620.